The van der Waals surface area contributed by atoms with Crippen molar-refractivity contribution in [2.24, 2.45) is 5.73 Å². The fraction of sp³-hybridized carbons (Fsp3) is 0.300. The van der Waals surface area contributed by atoms with Gasteiger partial charge in [-0.1, -0.05) is 13.8 Å². The van der Waals surface area contributed by atoms with E-state index in [1.54, 1.807) is 0 Å². The molecular formula is C10H13F3N2O. The van der Waals surface area contributed by atoms with Crippen molar-refractivity contribution in [3.63, 3.8) is 0 Å². The van der Waals surface area contributed by atoms with Crippen LogP contribution in [0.2, 0.25) is 0 Å². The largest absolute Gasteiger partial charge is 0.505 e. The number of nitrogens with two attached hydrogens (primary N) is 1. The fourth-order valence-electron chi connectivity index (χ4n) is 0.994. The molecule has 0 aliphatic rings. The number of rotatable bonds is 1. The lowest BCUT2D eigenvalue weighted by atomic mass is 10.1. The lowest BCUT2D eigenvalue weighted by Gasteiger charge is -2.08. The van der Waals surface area contributed by atoms with E-state index < -0.39 is 40.2 Å². The first kappa shape index (κ1) is 14.3. The molecule has 3 nitrogen and oxygen atoms in total. The van der Waals surface area contributed by atoms with Crippen LogP contribution in [0.25, 0.3) is 0 Å². The first-order valence-electron chi connectivity index (χ1n) is 4.58. The Hall–Kier alpha value is -1.72. The third-order valence-corrected chi connectivity index (χ3v) is 1.79. The van der Waals surface area contributed by atoms with Crippen LogP contribution in [-0.4, -0.2) is 10.9 Å². The number of aromatic hydroxyl groups is 1. The quantitative estimate of drug-likeness (QED) is 0.397. The van der Waals surface area contributed by atoms with Gasteiger partial charge in [-0.15, -0.1) is 0 Å². The van der Waals surface area contributed by atoms with Gasteiger partial charge in [0.1, 0.15) is 5.84 Å². The first-order chi connectivity index (χ1) is 7.37. The van der Waals surface area contributed by atoms with Gasteiger partial charge < -0.3 is 10.8 Å². The number of benzene rings is 1. The molecule has 0 amide bonds. The summed E-state index contributed by atoms with van der Waals surface area (Å²) in [7, 11) is 0. The molecule has 90 valence electrons. The SMILES string of the molecule is CC.Cc1c(O)c(F)c(C(=N)N)c(F)c1F. The highest BCUT2D eigenvalue weighted by Crippen LogP contribution is 2.29. The monoisotopic (exact) mass is 234 g/mol. The Morgan fingerprint density at radius 3 is 1.94 bits per heavy atom. The predicted molar refractivity (Wildman–Crippen MR) is 55.1 cm³/mol. The van der Waals surface area contributed by atoms with Gasteiger partial charge in [0.05, 0.1) is 5.56 Å². The van der Waals surface area contributed by atoms with E-state index in [1.165, 1.54) is 0 Å². The van der Waals surface area contributed by atoms with Gasteiger partial charge in [-0.2, -0.15) is 0 Å². The second-order valence-electron chi connectivity index (χ2n) is 2.70. The number of halogens is 3. The second kappa shape index (κ2) is 5.39. The summed E-state index contributed by atoms with van der Waals surface area (Å²) < 4.78 is 39.0. The van der Waals surface area contributed by atoms with Crippen molar-refractivity contribution in [1.82, 2.24) is 0 Å². The summed E-state index contributed by atoms with van der Waals surface area (Å²) in [4.78, 5) is 0. The standard InChI is InChI=1S/C8H7F3N2O.C2H6/c1-2-4(9)5(10)3(8(12)13)6(11)7(2)14;1-2/h14H,1H3,(H3,12,13);1-2H3. The molecule has 0 atom stereocenters. The number of hydrogen-bond acceptors (Lipinski definition) is 2. The first-order valence-corrected chi connectivity index (χ1v) is 4.58. The molecule has 1 rings (SSSR count). The average Bonchev–Trinajstić information content (AvgIpc) is 2.26. The summed E-state index contributed by atoms with van der Waals surface area (Å²) in [5.41, 5.74) is 3.23. The lowest BCUT2D eigenvalue weighted by molar-refractivity contribution is 0.405. The van der Waals surface area contributed by atoms with Gasteiger partial charge in [0.2, 0.25) is 0 Å². The topological polar surface area (TPSA) is 70.1 Å². The molecule has 0 radical (unpaired) electrons. The molecule has 0 saturated heterocycles. The molecule has 0 fully saturated rings. The van der Waals surface area contributed by atoms with E-state index in [0.29, 0.717) is 0 Å². The maximum atomic E-state index is 13.1. The maximum absolute atomic E-state index is 13.1. The van der Waals surface area contributed by atoms with Gasteiger partial charge in [0.25, 0.3) is 0 Å². The molecule has 1 aromatic rings. The summed E-state index contributed by atoms with van der Waals surface area (Å²) in [5, 5.41) is 15.8. The molecule has 0 aliphatic carbocycles. The predicted octanol–water partition coefficient (Wildman–Crippen LogP) is 2.43. The molecule has 0 unspecified atom stereocenters. The van der Waals surface area contributed by atoms with Crippen molar-refractivity contribution in [2.45, 2.75) is 20.8 Å². The van der Waals surface area contributed by atoms with Crippen LogP contribution in [0.5, 0.6) is 5.75 Å². The summed E-state index contributed by atoms with van der Waals surface area (Å²) in [6.07, 6.45) is 0. The van der Waals surface area contributed by atoms with E-state index in [1.807, 2.05) is 13.8 Å². The minimum Gasteiger partial charge on any atom is -0.505 e. The summed E-state index contributed by atoms with van der Waals surface area (Å²) in [5.74, 6) is -6.41. The second-order valence-corrected chi connectivity index (χ2v) is 2.70. The van der Waals surface area contributed by atoms with Crippen LogP contribution in [0.15, 0.2) is 0 Å². The molecule has 0 aliphatic heterocycles. The minimum atomic E-state index is -1.56. The van der Waals surface area contributed by atoms with E-state index in [0.717, 1.165) is 6.92 Å². The Morgan fingerprint density at radius 1 is 1.12 bits per heavy atom. The Balaban J connectivity index is 0.00000106. The van der Waals surface area contributed by atoms with Crippen molar-refractivity contribution in [2.75, 3.05) is 0 Å². The molecule has 6 heteroatoms. The van der Waals surface area contributed by atoms with Gasteiger partial charge >= 0.3 is 0 Å². The molecular weight excluding hydrogens is 221 g/mol. The number of nitrogen functional groups attached to an aromatic ring is 1. The molecule has 0 aromatic heterocycles. The van der Waals surface area contributed by atoms with Crippen LogP contribution in [-0.2, 0) is 0 Å². The van der Waals surface area contributed by atoms with Crippen LogP contribution in [0, 0.1) is 29.8 Å². The maximum Gasteiger partial charge on any atom is 0.179 e. The van der Waals surface area contributed by atoms with Crippen LogP contribution in [0.3, 0.4) is 0 Å². The van der Waals surface area contributed by atoms with Gasteiger partial charge in [0, 0.05) is 5.56 Å². The number of phenolic OH excluding ortho intramolecular Hbond substituents is 1. The molecule has 0 bridgehead atoms. The summed E-state index contributed by atoms with van der Waals surface area (Å²) >= 11 is 0. The third-order valence-electron chi connectivity index (χ3n) is 1.79. The molecule has 1 aromatic carbocycles. The third kappa shape index (κ3) is 2.26. The Bertz CT molecular complexity index is 390. The number of nitrogens with one attached hydrogen (secondary N) is 1. The number of amidine groups is 1. The van der Waals surface area contributed by atoms with Crippen LogP contribution >= 0.6 is 0 Å². The summed E-state index contributed by atoms with van der Waals surface area (Å²) in [6.45, 7) is 5.01. The molecule has 0 spiro atoms. The molecule has 0 saturated carbocycles. The highest BCUT2D eigenvalue weighted by molar-refractivity contribution is 5.96. The zero-order valence-corrected chi connectivity index (χ0v) is 9.16. The Morgan fingerprint density at radius 2 is 1.56 bits per heavy atom. The number of hydrogen-bond donors (Lipinski definition) is 3. The van der Waals surface area contributed by atoms with E-state index in [9.17, 15) is 13.2 Å². The van der Waals surface area contributed by atoms with Gasteiger partial charge in [-0.25, -0.2) is 13.2 Å². The van der Waals surface area contributed by atoms with Crippen LogP contribution in [0.1, 0.15) is 25.0 Å². The van der Waals surface area contributed by atoms with E-state index in [4.69, 9.17) is 16.2 Å². The van der Waals surface area contributed by atoms with Gasteiger partial charge in [0.15, 0.2) is 23.2 Å². The molecule has 4 N–H and O–H groups in total. The number of phenols is 1. The van der Waals surface area contributed by atoms with Crippen LogP contribution in [0.4, 0.5) is 13.2 Å². The van der Waals surface area contributed by atoms with Crippen molar-refractivity contribution in [3.05, 3.63) is 28.6 Å². The zero-order chi connectivity index (χ0) is 13.0. The fourth-order valence-corrected chi connectivity index (χ4v) is 0.994. The van der Waals surface area contributed by atoms with Crippen molar-refractivity contribution in [3.8, 4) is 5.75 Å². The molecule has 0 heterocycles. The summed E-state index contributed by atoms with van der Waals surface area (Å²) in [6, 6.07) is 0. The van der Waals surface area contributed by atoms with Crippen molar-refractivity contribution >= 4 is 5.84 Å². The van der Waals surface area contributed by atoms with Gasteiger partial charge in [-0.3, -0.25) is 5.41 Å². The molecule has 16 heavy (non-hydrogen) atoms. The van der Waals surface area contributed by atoms with E-state index in [2.05, 4.69) is 0 Å². The van der Waals surface area contributed by atoms with Crippen molar-refractivity contribution in [1.29, 1.82) is 5.41 Å². The Labute approximate surface area is 91.2 Å². The highest BCUT2D eigenvalue weighted by atomic mass is 19.2. The van der Waals surface area contributed by atoms with E-state index in [-0.39, 0.29) is 0 Å². The minimum absolute atomic E-state index is 0.551. The normalized spacial score (nSPS) is 9.38. The lowest BCUT2D eigenvalue weighted by Crippen LogP contribution is -2.17. The zero-order valence-electron chi connectivity index (χ0n) is 9.16. The van der Waals surface area contributed by atoms with Crippen molar-refractivity contribution < 1.29 is 18.3 Å². The van der Waals surface area contributed by atoms with Crippen LogP contribution < -0.4 is 5.73 Å². The van der Waals surface area contributed by atoms with Gasteiger partial charge in [-0.05, 0) is 6.92 Å². The average molecular weight is 234 g/mol. The Kier molecular flexibility index (Phi) is 4.81. The smallest absolute Gasteiger partial charge is 0.179 e. The van der Waals surface area contributed by atoms with E-state index >= 15 is 0 Å². The highest BCUT2D eigenvalue weighted by Gasteiger charge is 2.23.